The van der Waals surface area contributed by atoms with Crippen molar-refractivity contribution >= 4 is 38.9 Å². The molecule has 0 aliphatic rings. The van der Waals surface area contributed by atoms with Gasteiger partial charge in [-0.1, -0.05) is 27.5 Å². The average molecular weight is 378 g/mol. The zero-order chi connectivity index (χ0) is 15.6. The van der Waals surface area contributed by atoms with E-state index in [-0.39, 0.29) is 17.3 Å². The van der Waals surface area contributed by atoms with Crippen molar-refractivity contribution in [1.29, 1.82) is 0 Å². The van der Waals surface area contributed by atoms with Crippen LogP contribution in [0.2, 0.25) is 5.02 Å². The van der Waals surface area contributed by atoms with Gasteiger partial charge in [-0.05, 0) is 24.3 Å². The molecule has 0 atom stereocenters. The molecule has 0 aliphatic carbocycles. The van der Waals surface area contributed by atoms with Crippen LogP contribution in [0, 0.1) is 21.7 Å². The van der Waals surface area contributed by atoms with Gasteiger partial charge in [-0.25, -0.2) is 8.78 Å². The zero-order valence-electron chi connectivity index (χ0n) is 10.4. The molecular formula is C13H8BrClF2N2O2. The Morgan fingerprint density at radius 3 is 2.62 bits per heavy atom. The van der Waals surface area contributed by atoms with Crippen molar-refractivity contribution in [2.45, 2.75) is 6.54 Å². The third-order valence-corrected chi connectivity index (χ3v) is 3.50. The summed E-state index contributed by atoms with van der Waals surface area (Å²) in [5.74, 6) is -1.34. The highest BCUT2D eigenvalue weighted by molar-refractivity contribution is 9.10. The standard InChI is InChI=1S/C13H8BrClF2N2O2/c14-8-1-2-10(16)7(3-8)6-18-12-4-9(15)11(17)5-13(12)19(20)21/h1-5,18H,6H2. The molecular weight excluding hydrogens is 370 g/mol. The summed E-state index contributed by atoms with van der Waals surface area (Å²) in [6.07, 6.45) is 0. The number of nitrogens with zero attached hydrogens (tertiary/aromatic N) is 1. The summed E-state index contributed by atoms with van der Waals surface area (Å²) in [4.78, 5) is 10.2. The predicted octanol–water partition coefficient (Wildman–Crippen LogP) is 4.90. The van der Waals surface area contributed by atoms with Gasteiger partial charge in [-0.2, -0.15) is 0 Å². The lowest BCUT2D eigenvalue weighted by Gasteiger charge is -2.09. The lowest BCUT2D eigenvalue weighted by molar-refractivity contribution is -0.384. The second-order valence-corrected chi connectivity index (χ2v) is 5.45. The summed E-state index contributed by atoms with van der Waals surface area (Å²) in [7, 11) is 0. The normalized spacial score (nSPS) is 10.5. The summed E-state index contributed by atoms with van der Waals surface area (Å²) in [6.45, 7) is -0.00588. The first-order valence-corrected chi connectivity index (χ1v) is 6.87. The summed E-state index contributed by atoms with van der Waals surface area (Å²) >= 11 is 8.82. The van der Waals surface area contributed by atoms with Crippen LogP contribution in [-0.2, 0) is 6.54 Å². The van der Waals surface area contributed by atoms with E-state index < -0.39 is 22.2 Å². The molecule has 0 radical (unpaired) electrons. The van der Waals surface area contributed by atoms with E-state index in [1.54, 1.807) is 6.07 Å². The minimum atomic E-state index is -0.887. The molecule has 2 aromatic rings. The molecule has 0 spiro atoms. The van der Waals surface area contributed by atoms with Crippen LogP contribution in [0.25, 0.3) is 0 Å². The number of anilines is 1. The molecule has 8 heteroatoms. The van der Waals surface area contributed by atoms with E-state index in [1.807, 2.05) is 0 Å². The highest BCUT2D eigenvalue weighted by Gasteiger charge is 2.18. The Kier molecular flexibility index (Phi) is 4.74. The predicted molar refractivity (Wildman–Crippen MR) is 79.5 cm³/mol. The van der Waals surface area contributed by atoms with Crippen LogP contribution in [0.3, 0.4) is 0 Å². The summed E-state index contributed by atoms with van der Waals surface area (Å²) in [5.41, 5.74) is -0.141. The average Bonchev–Trinajstić information content (AvgIpc) is 2.42. The third kappa shape index (κ3) is 3.68. The van der Waals surface area contributed by atoms with Gasteiger partial charge in [-0.15, -0.1) is 0 Å². The zero-order valence-corrected chi connectivity index (χ0v) is 12.7. The van der Waals surface area contributed by atoms with Crippen LogP contribution >= 0.6 is 27.5 Å². The summed E-state index contributed by atoms with van der Waals surface area (Å²) in [6, 6.07) is 6.18. The van der Waals surface area contributed by atoms with E-state index in [1.165, 1.54) is 12.1 Å². The van der Waals surface area contributed by atoms with Crippen LogP contribution in [0.5, 0.6) is 0 Å². The first kappa shape index (κ1) is 15.7. The van der Waals surface area contributed by atoms with Gasteiger partial charge in [0, 0.05) is 16.6 Å². The molecule has 110 valence electrons. The van der Waals surface area contributed by atoms with Crippen molar-refractivity contribution in [1.82, 2.24) is 0 Å². The van der Waals surface area contributed by atoms with Crippen molar-refractivity contribution in [2.75, 3.05) is 5.32 Å². The lowest BCUT2D eigenvalue weighted by atomic mass is 10.2. The van der Waals surface area contributed by atoms with E-state index in [4.69, 9.17) is 11.6 Å². The van der Waals surface area contributed by atoms with Crippen LogP contribution in [0.15, 0.2) is 34.8 Å². The molecule has 0 bridgehead atoms. The fourth-order valence-corrected chi connectivity index (χ4v) is 2.27. The van der Waals surface area contributed by atoms with Crippen LogP contribution < -0.4 is 5.32 Å². The fraction of sp³-hybridized carbons (Fsp3) is 0.0769. The molecule has 4 nitrogen and oxygen atoms in total. The Morgan fingerprint density at radius 2 is 1.95 bits per heavy atom. The molecule has 21 heavy (non-hydrogen) atoms. The van der Waals surface area contributed by atoms with Gasteiger partial charge in [0.05, 0.1) is 16.0 Å². The molecule has 0 aromatic heterocycles. The topological polar surface area (TPSA) is 55.2 Å². The summed E-state index contributed by atoms with van der Waals surface area (Å²) < 4.78 is 27.5. The van der Waals surface area contributed by atoms with E-state index in [0.717, 1.165) is 12.1 Å². The monoisotopic (exact) mass is 376 g/mol. The highest BCUT2D eigenvalue weighted by Crippen LogP contribution is 2.31. The highest BCUT2D eigenvalue weighted by atomic mass is 79.9. The maximum atomic E-state index is 13.6. The third-order valence-electron chi connectivity index (χ3n) is 2.71. The molecule has 0 saturated heterocycles. The van der Waals surface area contributed by atoms with Crippen molar-refractivity contribution in [2.24, 2.45) is 0 Å². The molecule has 0 fully saturated rings. The van der Waals surface area contributed by atoms with E-state index >= 15 is 0 Å². The van der Waals surface area contributed by atoms with Crippen LogP contribution in [0.4, 0.5) is 20.2 Å². The fourth-order valence-electron chi connectivity index (χ4n) is 1.70. The smallest absolute Gasteiger partial charge is 0.295 e. The van der Waals surface area contributed by atoms with Crippen LogP contribution in [-0.4, -0.2) is 4.92 Å². The van der Waals surface area contributed by atoms with Gasteiger partial charge in [0.1, 0.15) is 17.3 Å². The van der Waals surface area contributed by atoms with Crippen molar-refractivity contribution in [3.05, 3.63) is 67.1 Å². The number of halogens is 4. The van der Waals surface area contributed by atoms with Crippen LogP contribution in [0.1, 0.15) is 5.56 Å². The molecule has 0 aliphatic heterocycles. The molecule has 0 saturated carbocycles. The Labute approximate surface area is 132 Å². The van der Waals surface area contributed by atoms with Gasteiger partial charge >= 0.3 is 0 Å². The number of benzene rings is 2. The van der Waals surface area contributed by atoms with E-state index in [0.29, 0.717) is 10.0 Å². The maximum absolute atomic E-state index is 13.6. The van der Waals surface area contributed by atoms with Gasteiger partial charge in [0.25, 0.3) is 5.69 Å². The minimum Gasteiger partial charge on any atom is -0.375 e. The number of nitro benzene ring substituents is 1. The Hall–Kier alpha value is -1.73. The van der Waals surface area contributed by atoms with Gasteiger partial charge < -0.3 is 5.32 Å². The molecule has 1 N–H and O–H groups in total. The lowest BCUT2D eigenvalue weighted by Crippen LogP contribution is -2.05. The van der Waals surface area contributed by atoms with Crippen molar-refractivity contribution in [3.8, 4) is 0 Å². The minimum absolute atomic E-state index is 0.00588. The van der Waals surface area contributed by atoms with Gasteiger partial charge in [-0.3, -0.25) is 10.1 Å². The summed E-state index contributed by atoms with van der Waals surface area (Å²) in [5, 5.41) is 13.3. The Bertz CT molecular complexity index is 713. The number of rotatable bonds is 4. The van der Waals surface area contributed by atoms with Crippen molar-refractivity contribution < 1.29 is 13.7 Å². The number of hydrogen-bond acceptors (Lipinski definition) is 3. The Balaban J connectivity index is 2.29. The quantitative estimate of drug-likeness (QED) is 0.609. The largest absolute Gasteiger partial charge is 0.375 e. The molecule has 0 unspecified atom stereocenters. The molecule has 2 aromatic carbocycles. The van der Waals surface area contributed by atoms with E-state index in [9.17, 15) is 18.9 Å². The number of nitrogens with one attached hydrogen (secondary N) is 1. The second-order valence-electron chi connectivity index (χ2n) is 4.13. The maximum Gasteiger partial charge on any atom is 0.295 e. The molecule has 0 amide bonds. The second kappa shape index (κ2) is 6.36. The number of nitro groups is 1. The molecule has 0 heterocycles. The van der Waals surface area contributed by atoms with E-state index in [2.05, 4.69) is 21.2 Å². The SMILES string of the molecule is O=[N+]([O-])c1cc(F)c(Cl)cc1NCc1cc(Br)ccc1F. The number of hydrogen-bond donors (Lipinski definition) is 1. The van der Waals surface area contributed by atoms with Crippen molar-refractivity contribution in [3.63, 3.8) is 0 Å². The first-order chi connectivity index (χ1) is 9.88. The Morgan fingerprint density at radius 1 is 1.24 bits per heavy atom. The van der Waals surface area contributed by atoms with Gasteiger partial charge in [0.2, 0.25) is 0 Å². The first-order valence-electron chi connectivity index (χ1n) is 5.69. The molecule has 2 rings (SSSR count). The van der Waals surface area contributed by atoms with Gasteiger partial charge in [0.15, 0.2) is 0 Å².